The van der Waals surface area contributed by atoms with Gasteiger partial charge in [-0.15, -0.1) is 0 Å². The van der Waals surface area contributed by atoms with Gasteiger partial charge in [0.05, 0.1) is 5.60 Å². The third-order valence-corrected chi connectivity index (χ3v) is 4.18. The Balaban J connectivity index is 1.80. The zero-order valence-corrected chi connectivity index (χ0v) is 11.7. The molecule has 0 spiro atoms. The summed E-state index contributed by atoms with van der Waals surface area (Å²) in [6.07, 6.45) is 3.97. The quantitative estimate of drug-likeness (QED) is 0.875. The monoisotopic (exact) mass is 267 g/mol. The molecule has 0 aliphatic heterocycles. The average Bonchev–Trinajstić information content (AvgIpc) is 2.94. The van der Waals surface area contributed by atoms with Crippen molar-refractivity contribution in [1.82, 2.24) is 0 Å². The van der Waals surface area contributed by atoms with Crippen molar-refractivity contribution in [2.45, 2.75) is 37.8 Å². The standard InChI is InChI=1S/C18H21NO/c20-18(12-6-7-13-18)16-10-4-5-11-17(16)19-14-15-8-2-1-3-9-15/h1-5,8-11,19-20H,6-7,12-14H2. The molecule has 0 atom stereocenters. The van der Waals surface area contributed by atoms with Crippen molar-refractivity contribution in [1.29, 1.82) is 0 Å². The highest BCUT2D eigenvalue weighted by atomic mass is 16.3. The van der Waals surface area contributed by atoms with Crippen molar-refractivity contribution >= 4 is 5.69 Å². The van der Waals surface area contributed by atoms with Gasteiger partial charge in [0.25, 0.3) is 0 Å². The fourth-order valence-corrected chi connectivity index (χ4v) is 3.07. The highest BCUT2D eigenvalue weighted by molar-refractivity contribution is 5.54. The zero-order chi connectivity index (χ0) is 13.8. The third kappa shape index (κ3) is 2.70. The maximum absolute atomic E-state index is 10.8. The van der Waals surface area contributed by atoms with E-state index in [4.69, 9.17) is 0 Å². The minimum Gasteiger partial charge on any atom is -0.385 e. The van der Waals surface area contributed by atoms with Crippen LogP contribution in [0, 0.1) is 0 Å². The lowest BCUT2D eigenvalue weighted by Crippen LogP contribution is -2.22. The van der Waals surface area contributed by atoms with E-state index in [1.54, 1.807) is 0 Å². The maximum atomic E-state index is 10.8. The average molecular weight is 267 g/mol. The minimum atomic E-state index is -0.639. The molecule has 0 saturated heterocycles. The van der Waals surface area contributed by atoms with E-state index in [-0.39, 0.29) is 0 Å². The number of para-hydroxylation sites is 1. The van der Waals surface area contributed by atoms with E-state index >= 15 is 0 Å². The van der Waals surface area contributed by atoms with E-state index in [0.29, 0.717) is 0 Å². The number of benzene rings is 2. The smallest absolute Gasteiger partial charge is 0.0916 e. The molecule has 2 heteroatoms. The van der Waals surface area contributed by atoms with Gasteiger partial charge in [0, 0.05) is 17.8 Å². The van der Waals surface area contributed by atoms with Gasteiger partial charge >= 0.3 is 0 Å². The third-order valence-electron chi connectivity index (χ3n) is 4.18. The normalized spacial score (nSPS) is 17.1. The molecule has 0 heterocycles. The topological polar surface area (TPSA) is 32.3 Å². The molecule has 2 N–H and O–H groups in total. The molecule has 2 aromatic carbocycles. The largest absolute Gasteiger partial charge is 0.385 e. The van der Waals surface area contributed by atoms with E-state index in [1.807, 2.05) is 30.3 Å². The molecule has 3 rings (SSSR count). The summed E-state index contributed by atoms with van der Waals surface area (Å²) < 4.78 is 0. The molecule has 2 nitrogen and oxygen atoms in total. The zero-order valence-electron chi connectivity index (χ0n) is 11.7. The molecule has 0 radical (unpaired) electrons. The first-order valence-corrected chi connectivity index (χ1v) is 7.38. The van der Waals surface area contributed by atoms with Crippen molar-refractivity contribution in [3.63, 3.8) is 0 Å². The number of aliphatic hydroxyl groups is 1. The van der Waals surface area contributed by atoms with Crippen molar-refractivity contribution in [3.8, 4) is 0 Å². The first-order chi connectivity index (χ1) is 9.78. The Hall–Kier alpha value is -1.80. The van der Waals surface area contributed by atoms with E-state index < -0.39 is 5.60 Å². The summed E-state index contributed by atoms with van der Waals surface area (Å²) >= 11 is 0. The van der Waals surface area contributed by atoms with Crippen LogP contribution in [0.15, 0.2) is 54.6 Å². The van der Waals surface area contributed by atoms with Gasteiger partial charge in [0.1, 0.15) is 0 Å². The predicted molar refractivity (Wildman–Crippen MR) is 82.6 cm³/mol. The molecule has 1 fully saturated rings. The molecular formula is C18H21NO. The predicted octanol–water partition coefficient (Wildman–Crippen LogP) is 4.06. The van der Waals surface area contributed by atoms with Crippen LogP contribution in [0.4, 0.5) is 5.69 Å². The van der Waals surface area contributed by atoms with Gasteiger partial charge in [-0.05, 0) is 24.5 Å². The van der Waals surface area contributed by atoms with Crippen LogP contribution in [0.2, 0.25) is 0 Å². The van der Waals surface area contributed by atoms with Gasteiger partial charge < -0.3 is 10.4 Å². The summed E-state index contributed by atoms with van der Waals surface area (Å²) in [6.45, 7) is 0.786. The molecule has 0 bridgehead atoms. The number of hydrogen-bond donors (Lipinski definition) is 2. The molecule has 1 saturated carbocycles. The highest BCUT2D eigenvalue weighted by Gasteiger charge is 2.34. The maximum Gasteiger partial charge on any atom is 0.0916 e. The second-order valence-electron chi connectivity index (χ2n) is 5.62. The summed E-state index contributed by atoms with van der Waals surface area (Å²) in [5, 5.41) is 14.3. The van der Waals surface area contributed by atoms with Gasteiger partial charge in [-0.2, -0.15) is 0 Å². The summed E-state index contributed by atoms with van der Waals surface area (Å²) in [4.78, 5) is 0. The lowest BCUT2D eigenvalue weighted by molar-refractivity contribution is 0.0452. The molecule has 104 valence electrons. The van der Waals surface area contributed by atoms with Crippen molar-refractivity contribution in [2.75, 3.05) is 5.32 Å². The van der Waals surface area contributed by atoms with Crippen molar-refractivity contribution in [2.24, 2.45) is 0 Å². The number of anilines is 1. The number of rotatable bonds is 4. The van der Waals surface area contributed by atoms with Crippen LogP contribution < -0.4 is 5.32 Å². The van der Waals surface area contributed by atoms with Crippen molar-refractivity contribution < 1.29 is 5.11 Å². The Kier molecular flexibility index (Phi) is 3.75. The summed E-state index contributed by atoms with van der Waals surface area (Å²) in [6, 6.07) is 18.5. The Morgan fingerprint density at radius 2 is 1.55 bits per heavy atom. The van der Waals surface area contributed by atoms with Crippen LogP contribution in [0.5, 0.6) is 0 Å². The van der Waals surface area contributed by atoms with Crippen molar-refractivity contribution in [3.05, 3.63) is 65.7 Å². The molecule has 2 aromatic rings. The van der Waals surface area contributed by atoms with Crippen LogP contribution >= 0.6 is 0 Å². The SMILES string of the molecule is OC1(c2ccccc2NCc2ccccc2)CCCC1. The molecule has 0 unspecified atom stereocenters. The van der Waals surface area contributed by atoms with Gasteiger partial charge in [-0.1, -0.05) is 61.4 Å². The molecule has 1 aliphatic carbocycles. The van der Waals surface area contributed by atoms with E-state index in [1.165, 1.54) is 5.56 Å². The molecule has 0 aromatic heterocycles. The fraction of sp³-hybridized carbons (Fsp3) is 0.333. The Bertz CT molecular complexity index is 559. The summed E-state index contributed by atoms with van der Waals surface area (Å²) in [5.41, 5.74) is 2.72. The van der Waals surface area contributed by atoms with Crippen LogP contribution in [-0.4, -0.2) is 5.11 Å². The van der Waals surface area contributed by atoms with Crippen LogP contribution in [0.3, 0.4) is 0 Å². The minimum absolute atomic E-state index is 0.639. The fourth-order valence-electron chi connectivity index (χ4n) is 3.07. The molecule has 20 heavy (non-hydrogen) atoms. The highest BCUT2D eigenvalue weighted by Crippen LogP contribution is 2.41. The molecule has 0 amide bonds. The van der Waals surface area contributed by atoms with Gasteiger partial charge in [-0.25, -0.2) is 0 Å². The molecule has 1 aliphatic rings. The molecular weight excluding hydrogens is 246 g/mol. The second-order valence-corrected chi connectivity index (χ2v) is 5.62. The summed E-state index contributed by atoms with van der Waals surface area (Å²) in [7, 11) is 0. The Morgan fingerprint density at radius 1 is 0.900 bits per heavy atom. The first-order valence-electron chi connectivity index (χ1n) is 7.38. The van der Waals surface area contributed by atoms with Gasteiger partial charge in [0.15, 0.2) is 0 Å². The lowest BCUT2D eigenvalue weighted by Gasteiger charge is -2.26. The van der Waals surface area contributed by atoms with Crippen LogP contribution in [0.1, 0.15) is 36.8 Å². The number of hydrogen-bond acceptors (Lipinski definition) is 2. The van der Waals surface area contributed by atoms with E-state index in [2.05, 4.69) is 29.6 Å². The van der Waals surface area contributed by atoms with E-state index in [9.17, 15) is 5.11 Å². The second kappa shape index (κ2) is 5.68. The van der Waals surface area contributed by atoms with Gasteiger partial charge in [-0.3, -0.25) is 0 Å². The van der Waals surface area contributed by atoms with Crippen LogP contribution in [-0.2, 0) is 12.1 Å². The van der Waals surface area contributed by atoms with E-state index in [0.717, 1.165) is 43.5 Å². The lowest BCUT2D eigenvalue weighted by atomic mass is 9.90. The van der Waals surface area contributed by atoms with Gasteiger partial charge in [0.2, 0.25) is 0 Å². The van der Waals surface area contributed by atoms with Crippen LogP contribution in [0.25, 0.3) is 0 Å². The number of nitrogens with one attached hydrogen (secondary N) is 1. The first kappa shape index (κ1) is 13.2. The Morgan fingerprint density at radius 3 is 2.30 bits per heavy atom. The Labute approximate surface area is 120 Å². The summed E-state index contributed by atoms with van der Waals surface area (Å²) in [5.74, 6) is 0.